The summed E-state index contributed by atoms with van der Waals surface area (Å²) in [6, 6.07) is 8.00. The van der Waals surface area contributed by atoms with Crippen molar-refractivity contribution < 1.29 is 31.1 Å². The fourth-order valence-corrected chi connectivity index (χ4v) is 3.70. The van der Waals surface area contributed by atoms with Gasteiger partial charge in [0.2, 0.25) is 5.91 Å². The zero-order chi connectivity index (χ0) is 23.7. The molecule has 0 aliphatic carbocycles. The monoisotopic (exact) mass is 459 g/mol. The van der Waals surface area contributed by atoms with E-state index in [2.05, 4.69) is 5.32 Å². The number of amides is 1. The topological polar surface area (TPSA) is 35.6 Å². The second kappa shape index (κ2) is 9.11. The van der Waals surface area contributed by atoms with Gasteiger partial charge in [0.05, 0.1) is 11.1 Å². The normalized spacial score (nSPS) is 17.0. The van der Waals surface area contributed by atoms with Gasteiger partial charge in [-0.15, -0.1) is 0 Å². The van der Waals surface area contributed by atoms with Crippen LogP contribution in [0, 0.1) is 0 Å². The zero-order valence-electron chi connectivity index (χ0n) is 17.5. The van der Waals surface area contributed by atoms with E-state index in [1.54, 1.807) is 12.1 Å². The lowest BCUT2D eigenvalue weighted by Crippen LogP contribution is -2.39. The van der Waals surface area contributed by atoms with Crippen LogP contribution in [-0.2, 0) is 30.2 Å². The Morgan fingerprint density at radius 1 is 1.03 bits per heavy atom. The van der Waals surface area contributed by atoms with Gasteiger partial charge in [0.1, 0.15) is 6.04 Å². The summed E-state index contributed by atoms with van der Waals surface area (Å²) >= 11 is 0. The molecule has 174 valence electrons. The van der Waals surface area contributed by atoms with Crippen LogP contribution in [-0.4, -0.2) is 42.9 Å². The molecule has 2 aromatic rings. The third-order valence-electron chi connectivity index (χ3n) is 5.29. The molecule has 1 atom stereocenters. The number of carbonyl (C=O) groups is 1. The zero-order valence-corrected chi connectivity index (χ0v) is 17.5. The minimum atomic E-state index is -4.94. The largest absolute Gasteiger partial charge is 0.416 e. The van der Waals surface area contributed by atoms with E-state index in [4.69, 9.17) is 0 Å². The predicted molar refractivity (Wildman–Crippen MR) is 106 cm³/mol. The fraction of sp³-hybridized carbons (Fsp3) is 0.409. The average molecular weight is 459 g/mol. The molecule has 0 radical (unpaired) electrons. The van der Waals surface area contributed by atoms with Crippen LogP contribution in [0.1, 0.15) is 33.9 Å². The molecule has 1 aliphatic rings. The molecule has 1 amide bonds. The summed E-state index contributed by atoms with van der Waals surface area (Å²) in [6.45, 7) is 1.33. The SMILES string of the molecule is CN(C)CCN1Cc2ccccc2C1C(=O)NCc1cc(C(F)(F)F)cc(C(F)(F)F)c1. The molecule has 1 aliphatic heterocycles. The molecule has 4 nitrogen and oxygen atoms in total. The van der Waals surface area contributed by atoms with Gasteiger partial charge < -0.3 is 10.2 Å². The van der Waals surface area contributed by atoms with E-state index in [0.29, 0.717) is 31.8 Å². The van der Waals surface area contributed by atoms with Gasteiger partial charge in [0, 0.05) is 26.2 Å². The van der Waals surface area contributed by atoms with E-state index < -0.39 is 42.0 Å². The second-order valence-electron chi connectivity index (χ2n) is 8.01. The molecule has 3 rings (SSSR count). The number of benzene rings is 2. The highest BCUT2D eigenvalue weighted by atomic mass is 19.4. The maximum absolute atomic E-state index is 13.1. The van der Waals surface area contributed by atoms with Crippen molar-refractivity contribution in [1.29, 1.82) is 0 Å². The van der Waals surface area contributed by atoms with Crippen LogP contribution in [0.15, 0.2) is 42.5 Å². The van der Waals surface area contributed by atoms with Crippen molar-refractivity contribution in [3.63, 3.8) is 0 Å². The molecule has 0 saturated heterocycles. The maximum Gasteiger partial charge on any atom is 0.416 e. The molecule has 0 fully saturated rings. The molecular weight excluding hydrogens is 436 g/mol. The van der Waals surface area contributed by atoms with E-state index in [9.17, 15) is 31.1 Å². The quantitative estimate of drug-likeness (QED) is 0.648. The van der Waals surface area contributed by atoms with Crippen molar-refractivity contribution in [1.82, 2.24) is 15.1 Å². The summed E-state index contributed by atoms with van der Waals surface area (Å²) < 4.78 is 78.5. The van der Waals surface area contributed by atoms with Gasteiger partial charge in [0.25, 0.3) is 0 Å². The number of nitrogens with zero attached hydrogens (tertiary/aromatic N) is 2. The van der Waals surface area contributed by atoms with E-state index in [1.807, 2.05) is 36.0 Å². The van der Waals surface area contributed by atoms with Crippen LogP contribution in [0.25, 0.3) is 0 Å². The summed E-state index contributed by atoms with van der Waals surface area (Å²) in [5.74, 6) is -0.473. The van der Waals surface area contributed by atoms with Gasteiger partial charge in [-0.05, 0) is 49.0 Å². The van der Waals surface area contributed by atoms with Crippen LogP contribution < -0.4 is 5.32 Å². The summed E-state index contributed by atoms with van der Waals surface area (Å²) in [5.41, 5.74) is -1.34. The smallest absolute Gasteiger partial charge is 0.350 e. The highest BCUT2D eigenvalue weighted by molar-refractivity contribution is 5.84. The minimum Gasteiger partial charge on any atom is -0.350 e. The van der Waals surface area contributed by atoms with Crippen molar-refractivity contribution in [3.8, 4) is 0 Å². The van der Waals surface area contributed by atoms with E-state index in [0.717, 1.165) is 11.1 Å². The van der Waals surface area contributed by atoms with E-state index in [-0.39, 0.29) is 11.6 Å². The number of hydrogen-bond donors (Lipinski definition) is 1. The second-order valence-corrected chi connectivity index (χ2v) is 8.01. The highest BCUT2D eigenvalue weighted by Gasteiger charge is 2.38. The van der Waals surface area contributed by atoms with Crippen molar-refractivity contribution in [2.45, 2.75) is 31.5 Å². The summed E-state index contributed by atoms with van der Waals surface area (Å²) in [5, 5.41) is 2.53. The van der Waals surface area contributed by atoms with E-state index >= 15 is 0 Å². The highest BCUT2D eigenvalue weighted by Crippen LogP contribution is 2.37. The molecule has 0 spiro atoms. The van der Waals surface area contributed by atoms with Crippen LogP contribution in [0.5, 0.6) is 0 Å². The molecule has 0 saturated carbocycles. The van der Waals surface area contributed by atoms with Crippen LogP contribution in [0.3, 0.4) is 0 Å². The Labute approximate surface area is 181 Å². The van der Waals surface area contributed by atoms with Crippen LogP contribution >= 0.6 is 0 Å². The van der Waals surface area contributed by atoms with Crippen molar-refractivity contribution in [2.24, 2.45) is 0 Å². The van der Waals surface area contributed by atoms with Gasteiger partial charge in [-0.25, -0.2) is 0 Å². The predicted octanol–water partition coefficient (Wildman–Crippen LogP) is 4.46. The Bertz CT molecular complexity index is 939. The number of carbonyl (C=O) groups excluding carboxylic acids is 1. The Kier molecular flexibility index (Phi) is 6.85. The van der Waals surface area contributed by atoms with Crippen molar-refractivity contribution in [3.05, 3.63) is 70.3 Å². The molecule has 32 heavy (non-hydrogen) atoms. The number of nitrogens with one attached hydrogen (secondary N) is 1. The molecule has 1 unspecified atom stereocenters. The molecule has 1 N–H and O–H groups in total. The number of rotatable bonds is 6. The molecular formula is C22H23F6N3O. The molecule has 2 aromatic carbocycles. The summed E-state index contributed by atoms with van der Waals surface area (Å²) in [4.78, 5) is 16.9. The van der Waals surface area contributed by atoms with Crippen LogP contribution in [0.2, 0.25) is 0 Å². The first-order valence-corrected chi connectivity index (χ1v) is 9.89. The van der Waals surface area contributed by atoms with Gasteiger partial charge >= 0.3 is 12.4 Å². The fourth-order valence-electron chi connectivity index (χ4n) is 3.70. The van der Waals surface area contributed by atoms with Gasteiger partial charge in [-0.2, -0.15) is 26.3 Å². The number of alkyl halides is 6. The maximum atomic E-state index is 13.1. The number of halogens is 6. The number of likely N-dealkylation sites (N-methyl/N-ethyl adjacent to an activating group) is 1. The summed E-state index contributed by atoms with van der Waals surface area (Å²) in [6.07, 6.45) is -9.87. The lowest BCUT2D eigenvalue weighted by atomic mass is 10.0. The Hall–Kier alpha value is -2.59. The Morgan fingerprint density at radius 2 is 1.62 bits per heavy atom. The van der Waals surface area contributed by atoms with Crippen molar-refractivity contribution >= 4 is 5.91 Å². The number of hydrogen-bond acceptors (Lipinski definition) is 3. The van der Waals surface area contributed by atoms with Gasteiger partial charge in [-0.1, -0.05) is 24.3 Å². The van der Waals surface area contributed by atoms with E-state index in [1.165, 1.54) is 0 Å². The minimum absolute atomic E-state index is 0.0710. The molecule has 0 bridgehead atoms. The molecule has 1 heterocycles. The first kappa shape index (κ1) is 24.1. The van der Waals surface area contributed by atoms with Gasteiger partial charge in [-0.3, -0.25) is 9.69 Å². The van der Waals surface area contributed by atoms with Crippen LogP contribution in [0.4, 0.5) is 26.3 Å². The van der Waals surface area contributed by atoms with Crippen molar-refractivity contribution in [2.75, 3.05) is 27.2 Å². The third-order valence-corrected chi connectivity index (χ3v) is 5.29. The number of fused-ring (bicyclic) bond motifs is 1. The van der Waals surface area contributed by atoms with Gasteiger partial charge in [0.15, 0.2) is 0 Å². The first-order valence-electron chi connectivity index (χ1n) is 9.89. The lowest BCUT2D eigenvalue weighted by molar-refractivity contribution is -0.143. The lowest BCUT2D eigenvalue weighted by Gasteiger charge is -2.25. The first-order chi connectivity index (χ1) is 14.9. The molecule has 10 heteroatoms. The Balaban J connectivity index is 1.82. The standard InChI is InChI=1S/C22H23F6N3O/c1-30(2)7-8-31-13-15-5-3-4-6-18(15)19(31)20(32)29-12-14-9-16(21(23,24)25)11-17(10-14)22(26,27)28/h3-6,9-11,19H,7-8,12-13H2,1-2H3,(H,29,32). The Morgan fingerprint density at radius 3 is 2.19 bits per heavy atom. The third kappa shape index (κ3) is 5.60. The summed E-state index contributed by atoms with van der Waals surface area (Å²) in [7, 11) is 3.79. The average Bonchev–Trinajstić information content (AvgIpc) is 3.07. The molecule has 0 aromatic heterocycles.